The van der Waals surface area contributed by atoms with Gasteiger partial charge in [0.05, 0.1) is 0 Å². The Bertz CT molecular complexity index is 1870. The maximum atomic E-state index is 14.3. The second kappa shape index (κ2) is 25.5. The van der Waals surface area contributed by atoms with E-state index in [0.29, 0.717) is 10.5 Å². The van der Waals surface area contributed by atoms with Crippen LogP contribution in [0.5, 0.6) is 0 Å². The van der Waals surface area contributed by atoms with E-state index in [2.05, 4.69) is 10.6 Å². The largest absolute Gasteiger partial charge is 0.460 e. The average Bonchev–Trinajstić information content (AvgIpc) is 3.14. The number of esters is 5. The Labute approximate surface area is 395 Å². The van der Waals surface area contributed by atoms with Gasteiger partial charge in [-0.3, -0.25) is 24.0 Å². The summed E-state index contributed by atoms with van der Waals surface area (Å²) >= 11 is 0. The number of imide groups is 1. The highest BCUT2D eigenvalue weighted by Gasteiger charge is 2.40. The van der Waals surface area contributed by atoms with Gasteiger partial charge in [-0.15, -0.1) is 0 Å². The molecule has 4 amide bonds. The van der Waals surface area contributed by atoms with Gasteiger partial charge in [-0.1, -0.05) is 30.3 Å². The molecule has 378 valence electrons. The molecule has 0 saturated heterocycles. The summed E-state index contributed by atoms with van der Waals surface area (Å²) in [6.07, 6.45) is -4.28. The number of rotatable bonds is 21. The zero-order chi connectivity index (χ0) is 51.7. The molecular formula is C48H76N4O15. The zero-order valence-electron chi connectivity index (χ0n) is 42.2. The van der Waals surface area contributed by atoms with E-state index in [0.717, 1.165) is 0 Å². The van der Waals surface area contributed by atoms with Gasteiger partial charge in [0.1, 0.15) is 58.8 Å². The maximum Gasteiger partial charge on any atom is 0.417 e. The van der Waals surface area contributed by atoms with Crippen LogP contribution in [0.25, 0.3) is 0 Å². The average molecular weight is 949 g/mol. The molecule has 0 bridgehead atoms. The molecule has 0 aliphatic carbocycles. The second-order valence-corrected chi connectivity index (χ2v) is 21.0. The first-order valence-electron chi connectivity index (χ1n) is 22.5. The third-order valence-corrected chi connectivity index (χ3v) is 8.45. The van der Waals surface area contributed by atoms with Crippen molar-refractivity contribution in [3.63, 3.8) is 0 Å². The lowest BCUT2D eigenvalue weighted by atomic mass is 10.1. The summed E-state index contributed by atoms with van der Waals surface area (Å²) in [5, 5.41) is 5.07. The molecular weight excluding hydrogens is 873 g/mol. The van der Waals surface area contributed by atoms with Crippen LogP contribution in [0, 0.1) is 0 Å². The molecule has 1 aromatic carbocycles. The number of nitrogens with zero attached hydrogens (tertiary/aromatic N) is 1. The van der Waals surface area contributed by atoms with Crippen LogP contribution in [0.3, 0.4) is 0 Å². The molecule has 0 heterocycles. The highest BCUT2D eigenvalue weighted by molar-refractivity contribution is 5.97. The lowest BCUT2D eigenvalue weighted by molar-refractivity contribution is -0.166. The van der Waals surface area contributed by atoms with E-state index >= 15 is 0 Å². The first-order chi connectivity index (χ1) is 30.4. The van der Waals surface area contributed by atoms with Crippen molar-refractivity contribution in [1.82, 2.24) is 15.5 Å². The van der Waals surface area contributed by atoms with Gasteiger partial charge in [0.15, 0.2) is 0 Å². The summed E-state index contributed by atoms with van der Waals surface area (Å²) in [7, 11) is 0. The molecule has 0 spiro atoms. The van der Waals surface area contributed by atoms with Gasteiger partial charge in [0.25, 0.3) is 0 Å². The normalized spacial score (nSPS) is 13.9. The van der Waals surface area contributed by atoms with Crippen molar-refractivity contribution in [3.8, 4) is 0 Å². The summed E-state index contributed by atoms with van der Waals surface area (Å²) in [6, 6.07) is 2.85. The molecule has 4 N–H and O–H groups in total. The zero-order valence-corrected chi connectivity index (χ0v) is 42.2. The predicted molar refractivity (Wildman–Crippen MR) is 245 cm³/mol. The Kier molecular flexibility index (Phi) is 22.6. The van der Waals surface area contributed by atoms with Gasteiger partial charge in [-0.05, 0) is 135 Å². The Morgan fingerprint density at radius 2 is 0.910 bits per heavy atom. The fourth-order valence-corrected chi connectivity index (χ4v) is 5.78. The molecule has 4 atom stereocenters. The first-order valence-corrected chi connectivity index (χ1v) is 22.5. The van der Waals surface area contributed by atoms with Crippen LogP contribution in [0.2, 0.25) is 0 Å². The minimum Gasteiger partial charge on any atom is -0.460 e. The number of nitrogens with two attached hydrogens (primary N) is 1. The first kappa shape index (κ1) is 59.4. The fourth-order valence-electron chi connectivity index (χ4n) is 5.78. The number of hydrogen-bond acceptors (Lipinski definition) is 16. The number of carbonyl (C=O) groups excluding carboxylic acids is 9. The minimum absolute atomic E-state index is 0.108. The molecule has 0 aromatic heterocycles. The van der Waals surface area contributed by atoms with Gasteiger partial charge < -0.3 is 44.8 Å². The molecule has 0 saturated carbocycles. The van der Waals surface area contributed by atoms with Crippen LogP contribution in [0.1, 0.15) is 161 Å². The quantitative estimate of drug-likeness (QED) is 0.0994. The molecule has 1 rings (SSSR count). The summed E-state index contributed by atoms with van der Waals surface area (Å²) in [5.41, 5.74) is 1.70. The van der Waals surface area contributed by atoms with E-state index in [1.54, 1.807) is 134 Å². The Hall–Kier alpha value is -5.59. The van der Waals surface area contributed by atoms with Crippen molar-refractivity contribution in [1.29, 1.82) is 0 Å². The van der Waals surface area contributed by atoms with E-state index in [1.807, 2.05) is 0 Å². The van der Waals surface area contributed by atoms with Crippen LogP contribution in [-0.2, 0) is 73.4 Å². The number of ether oxygens (including phenoxy) is 6. The summed E-state index contributed by atoms with van der Waals surface area (Å²) in [6.45, 7) is 24.0. The van der Waals surface area contributed by atoms with Gasteiger partial charge in [0.2, 0.25) is 17.7 Å². The molecule has 1 aromatic rings. The Morgan fingerprint density at radius 3 is 1.36 bits per heavy atom. The monoisotopic (exact) mass is 949 g/mol. The van der Waals surface area contributed by atoms with Crippen molar-refractivity contribution in [2.24, 2.45) is 5.73 Å². The second-order valence-electron chi connectivity index (χ2n) is 21.0. The van der Waals surface area contributed by atoms with Crippen molar-refractivity contribution in [2.75, 3.05) is 0 Å². The summed E-state index contributed by atoms with van der Waals surface area (Å²) in [4.78, 5) is 121. The van der Waals surface area contributed by atoms with Crippen LogP contribution in [0.4, 0.5) is 4.79 Å². The minimum atomic E-state index is -1.69. The molecule has 19 heteroatoms. The molecule has 0 aliphatic rings. The third-order valence-electron chi connectivity index (χ3n) is 8.45. The van der Waals surface area contributed by atoms with Crippen molar-refractivity contribution < 1.29 is 71.6 Å². The van der Waals surface area contributed by atoms with Gasteiger partial charge in [-0.25, -0.2) is 24.1 Å². The van der Waals surface area contributed by atoms with Gasteiger partial charge in [-0.2, -0.15) is 0 Å². The predicted octanol–water partition coefficient (Wildman–Crippen LogP) is 5.65. The fraction of sp³-hybridized carbons (Fsp3) is 0.688. The van der Waals surface area contributed by atoms with Crippen LogP contribution >= 0.6 is 0 Å². The third kappa shape index (κ3) is 26.4. The topological polar surface area (TPSA) is 262 Å². The smallest absolute Gasteiger partial charge is 0.417 e. The molecule has 19 nitrogen and oxygen atoms in total. The number of nitrogens with one attached hydrogen (secondary N) is 2. The highest BCUT2D eigenvalue weighted by Crippen LogP contribution is 2.22. The van der Waals surface area contributed by atoms with E-state index < -0.39 is 138 Å². The van der Waals surface area contributed by atoms with Crippen LogP contribution in [-0.4, -0.2) is 111 Å². The van der Waals surface area contributed by atoms with E-state index in [9.17, 15) is 43.2 Å². The number of benzene rings is 1. The highest BCUT2D eigenvalue weighted by atomic mass is 16.6. The SMILES string of the molecule is CC(C)(C)OC(=O)CC[C@@H](C(=O)OC(C)(C)C)N(C(=O)CC[C@H](NC(=O)CC[C@H](NC(=O)CC[C@H](N)C(=O)OC(C)(C)C)C(=O)OC(C)(C)C)C(=O)OC(C)(C)C)C(=O)OCc1ccccc1. The van der Waals surface area contributed by atoms with E-state index in [1.165, 1.54) is 0 Å². The van der Waals surface area contributed by atoms with Crippen LogP contribution < -0.4 is 16.4 Å². The standard InChI is InChI=1S/C48H76N4O15/c1-44(2,3)63-38(56)28-24-34(42(60)67-48(13,14)15)52(43(61)62-29-30-19-17-16-18-20-30)37(55)27-23-33(41(59)66-47(10,11)12)51-36(54)26-22-32(40(58)65-46(7,8)9)50-35(53)25-21-31(49)39(57)64-45(4,5)6/h16-20,31-34H,21-29,49H2,1-15H3,(H,50,53)(H,51,54)/t31-,32-,33-,34-/m0/s1. The lowest BCUT2D eigenvalue weighted by Gasteiger charge is -2.31. The van der Waals surface area contributed by atoms with Gasteiger partial charge >= 0.3 is 35.9 Å². The number of amides is 4. The van der Waals surface area contributed by atoms with Crippen molar-refractivity contribution >= 4 is 53.7 Å². The molecule has 0 radical (unpaired) electrons. The molecule has 67 heavy (non-hydrogen) atoms. The Balaban J connectivity index is 3.48. The number of hydrogen-bond donors (Lipinski definition) is 3. The van der Waals surface area contributed by atoms with Crippen LogP contribution in [0.15, 0.2) is 30.3 Å². The van der Waals surface area contributed by atoms with E-state index in [-0.39, 0.29) is 25.9 Å². The maximum absolute atomic E-state index is 14.3. The lowest BCUT2D eigenvalue weighted by Crippen LogP contribution is -2.51. The molecule has 0 aliphatic heterocycles. The Morgan fingerprint density at radius 1 is 0.507 bits per heavy atom. The summed E-state index contributed by atoms with van der Waals surface area (Å²) in [5.74, 6) is -6.71. The number of carbonyl (C=O) groups is 9. The van der Waals surface area contributed by atoms with Crippen molar-refractivity contribution in [2.45, 2.75) is 214 Å². The van der Waals surface area contributed by atoms with E-state index in [4.69, 9.17) is 34.2 Å². The van der Waals surface area contributed by atoms with Gasteiger partial charge in [0, 0.05) is 25.7 Å². The molecule has 0 unspecified atom stereocenters. The summed E-state index contributed by atoms with van der Waals surface area (Å²) < 4.78 is 32.9. The molecule has 0 fully saturated rings. The van der Waals surface area contributed by atoms with Crippen molar-refractivity contribution in [3.05, 3.63) is 35.9 Å².